The van der Waals surface area contributed by atoms with E-state index in [0.29, 0.717) is 18.5 Å². The Bertz CT molecular complexity index is 863. The lowest BCUT2D eigenvalue weighted by molar-refractivity contribution is -0.0593. The van der Waals surface area contributed by atoms with E-state index in [4.69, 9.17) is 16.2 Å². The Hall–Kier alpha value is -1.07. The summed E-state index contributed by atoms with van der Waals surface area (Å²) >= 11 is 0. The third-order valence-electron chi connectivity index (χ3n) is 12.5. The van der Waals surface area contributed by atoms with Crippen LogP contribution in [0.4, 0.5) is 4.79 Å². The Labute approximate surface area is 253 Å². The van der Waals surface area contributed by atoms with Crippen molar-refractivity contribution in [2.24, 2.45) is 57.8 Å². The lowest BCUT2D eigenvalue weighted by atomic mass is 9.47. The minimum Gasteiger partial charge on any atom is -0.446 e. The van der Waals surface area contributed by atoms with Crippen LogP contribution in [0.3, 0.4) is 0 Å². The predicted molar refractivity (Wildman–Crippen MR) is 171 cm³/mol. The molecule has 5 nitrogen and oxygen atoms in total. The maximum Gasteiger partial charge on any atom is 0.410 e. The molecule has 4 aliphatic rings. The molecule has 4 aliphatic carbocycles. The number of unbranched alkanes of at least 4 members (excludes halogenated alkanes) is 2. The van der Waals surface area contributed by atoms with Crippen LogP contribution in [0.1, 0.15) is 131 Å². The minimum absolute atomic E-state index is 0.0151. The number of nitrogens with zero attached hydrogens (tertiary/aromatic N) is 1. The van der Waals surface area contributed by atoms with Crippen LogP contribution in [0.2, 0.25) is 0 Å². The van der Waals surface area contributed by atoms with Crippen molar-refractivity contribution in [2.45, 2.75) is 137 Å². The van der Waals surface area contributed by atoms with Gasteiger partial charge in [-0.25, -0.2) is 4.79 Å². The molecular weight excluding hydrogens is 506 g/mol. The van der Waals surface area contributed by atoms with Gasteiger partial charge in [-0.15, -0.1) is 0 Å². The topological polar surface area (TPSA) is 81.6 Å². The highest BCUT2D eigenvalue weighted by atomic mass is 16.6. The molecule has 4 N–H and O–H groups in total. The first kappa shape index (κ1) is 32.8. The third kappa shape index (κ3) is 7.36. The molecule has 3 fully saturated rings. The van der Waals surface area contributed by atoms with Crippen molar-refractivity contribution >= 4 is 6.09 Å². The van der Waals surface area contributed by atoms with Crippen molar-refractivity contribution in [3.8, 4) is 0 Å². The number of ether oxygens (including phenoxy) is 1. The lowest BCUT2D eigenvalue weighted by Crippen LogP contribution is -2.51. The number of rotatable bonds is 14. The molecule has 0 aliphatic heterocycles. The van der Waals surface area contributed by atoms with E-state index in [1.807, 2.05) is 4.90 Å². The van der Waals surface area contributed by atoms with Crippen LogP contribution in [0.25, 0.3) is 0 Å². The number of allylic oxidation sites excluding steroid dienone is 1. The van der Waals surface area contributed by atoms with Crippen LogP contribution in [0.5, 0.6) is 0 Å². The van der Waals surface area contributed by atoms with Crippen molar-refractivity contribution in [1.82, 2.24) is 4.90 Å². The second-order valence-electron chi connectivity index (χ2n) is 15.5. The summed E-state index contributed by atoms with van der Waals surface area (Å²) in [6.07, 6.45) is 20.5. The van der Waals surface area contributed by atoms with Crippen LogP contribution in [-0.2, 0) is 4.74 Å². The van der Waals surface area contributed by atoms with Crippen molar-refractivity contribution < 1.29 is 9.53 Å². The van der Waals surface area contributed by atoms with Crippen LogP contribution < -0.4 is 11.5 Å². The number of fused-ring (bicyclic) bond motifs is 5. The van der Waals surface area contributed by atoms with E-state index in [-0.39, 0.29) is 17.6 Å². The van der Waals surface area contributed by atoms with Gasteiger partial charge in [0.15, 0.2) is 0 Å². The first-order valence-corrected chi connectivity index (χ1v) is 17.7. The maximum atomic E-state index is 13.2. The number of hydrogen-bond acceptors (Lipinski definition) is 4. The average Bonchev–Trinajstić information content (AvgIpc) is 3.29. The van der Waals surface area contributed by atoms with Gasteiger partial charge in [-0.2, -0.15) is 0 Å². The predicted octanol–water partition coefficient (Wildman–Crippen LogP) is 8.31. The molecule has 3 saturated carbocycles. The largest absolute Gasteiger partial charge is 0.446 e. The highest BCUT2D eigenvalue weighted by Crippen LogP contribution is 2.67. The Balaban J connectivity index is 1.37. The molecule has 0 aromatic carbocycles. The summed E-state index contributed by atoms with van der Waals surface area (Å²) in [7, 11) is 0. The fourth-order valence-corrected chi connectivity index (χ4v) is 10.2. The summed E-state index contributed by atoms with van der Waals surface area (Å²) in [6.45, 7) is 15.4. The molecule has 0 radical (unpaired) electrons. The Morgan fingerprint density at radius 2 is 1.63 bits per heavy atom. The first-order chi connectivity index (χ1) is 19.6. The highest BCUT2D eigenvalue weighted by Gasteiger charge is 2.59. The van der Waals surface area contributed by atoms with E-state index in [2.05, 4.69) is 40.7 Å². The van der Waals surface area contributed by atoms with Gasteiger partial charge in [0.05, 0.1) is 0 Å². The van der Waals surface area contributed by atoms with Gasteiger partial charge in [-0.05, 0) is 130 Å². The summed E-state index contributed by atoms with van der Waals surface area (Å²) in [5.74, 6) is 5.13. The first-order valence-electron chi connectivity index (χ1n) is 17.7. The second-order valence-corrected chi connectivity index (χ2v) is 15.5. The monoisotopic (exact) mass is 572 g/mol. The van der Waals surface area contributed by atoms with Gasteiger partial charge in [0.2, 0.25) is 0 Å². The van der Waals surface area contributed by atoms with Gasteiger partial charge in [0, 0.05) is 19.5 Å². The van der Waals surface area contributed by atoms with Crippen molar-refractivity contribution in [3.05, 3.63) is 11.6 Å². The van der Waals surface area contributed by atoms with Gasteiger partial charge in [-0.1, -0.05) is 65.5 Å². The zero-order chi connectivity index (χ0) is 29.6. The van der Waals surface area contributed by atoms with Gasteiger partial charge in [0.1, 0.15) is 6.10 Å². The van der Waals surface area contributed by atoms with Crippen molar-refractivity contribution in [3.63, 3.8) is 0 Å². The van der Waals surface area contributed by atoms with E-state index < -0.39 is 0 Å². The van der Waals surface area contributed by atoms with E-state index in [1.54, 1.807) is 5.57 Å². The van der Waals surface area contributed by atoms with E-state index in [1.165, 1.54) is 51.4 Å². The summed E-state index contributed by atoms with van der Waals surface area (Å²) < 4.78 is 6.20. The smallest absolute Gasteiger partial charge is 0.410 e. The fourth-order valence-electron chi connectivity index (χ4n) is 10.2. The van der Waals surface area contributed by atoms with Gasteiger partial charge >= 0.3 is 6.09 Å². The van der Waals surface area contributed by atoms with Gasteiger partial charge in [0.25, 0.3) is 0 Å². The van der Waals surface area contributed by atoms with Crippen molar-refractivity contribution in [1.29, 1.82) is 0 Å². The molecule has 8 atom stereocenters. The van der Waals surface area contributed by atoms with Crippen molar-refractivity contribution in [2.75, 3.05) is 26.2 Å². The number of amides is 1. The second kappa shape index (κ2) is 14.6. The normalized spacial score (nSPS) is 35.3. The molecule has 0 unspecified atom stereocenters. The zero-order valence-electron chi connectivity index (χ0n) is 27.5. The molecule has 0 aromatic rings. The number of carbonyl (C=O) groups excluding carboxylic acids is 1. The average molecular weight is 572 g/mol. The van der Waals surface area contributed by atoms with E-state index >= 15 is 0 Å². The maximum absolute atomic E-state index is 13.2. The third-order valence-corrected chi connectivity index (χ3v) is 12.5. The van der Waals surface area contributed by atoms with Crippen LogP contribution in [-0.4, -0.2) is 43.3 Å². The Kier molecular flexibility index (Phi) is 11.7. The standard InChI is InChI=1S/C36H65N3O2/c1-26(2)11-10-12-27(3)31-15-16-32-30-14-13-28-25-29(17-19-35(28,4)33(30)18-20-36(31,32)5)41-34(40)39(23-8-6-21-37)24-9-7-22-38/h13,26-27,29-33H,6-12,14-25,37-38H2,1-5H3/t27-,29+,30+,31-,32+,33+,35+,36-/m1/s1. The molecule has 0 heterocycles. The number of nitrogens with two attached hydrogens (primary N) is 2. The molecule has 0 aromatic heterocycles. The lowest BCUT2D eigenvalue weighted by Gasteiger charge is -2.58. The number of hydrogen-bond donors (Lipinski definition) is 2. The number of carbonyl (C=O) groups is 1. The molecular formula is C36H65N3O2. The van der Waals surface area contributed by atoms with E-state index in [0.717, 1.165) is 93.5 Å². The molecule has 0 saturated heterocycles. The molecule has 5 heteroatoms. The highest BCUT2D eigenvalue weighted by molar-refractivity contribution is 5.67. The molecule has 41 heavy (non-hydrogen) atoms. The van der Waals surface area contributed by atoms with Gasteiger partial charge in [-0.3, -0.25) is 0 Å². The molecule has 236 valence electrons. The SMILES string of the molecule is CC(C)CCC[C@@H](C)[C@H]1CC[C@H]2[C@@H]3CC=C4C[C@@H](OC(=O)N(CCCCN)CCCCN)CC[C@]4(C)[C@H]3CC[C@]12C. The van der Waals surface area contributed by atoms with Crippen LogP contribution in [0, 0.1) is 46.3 Å². The van der Waals surface area contributed by atoms with Gasteiger partial charge < -0.3 is 21.1 Å². The molecule has 0 spiro atoms. The summed E-state index contributed by atoms with van der Waals surface area (Å²) in [5.41, 5.74) is 13.8. The van der Waals surface area contributed by atoms with Crippen LogP contribution >= 0.6 is 0 Å². The Morgan fingerprint density at radius 1 is 0.927 bits per heavy atom. The molecule has 1 amide bonds. The zero-order valence-corrected chi connectivity index (χ0v) is 27.5. The van der Waals surface area contributed by atoms with Crippen LogP contribution in [0.15, 0.2) is 11.6 Å². The summed E-state index contributed by atoms with van der Waals surface area (Å²) in [5, 5.41) is 0. The van der Waals surface area contributed by atoms with E-state index in [9.17, 15) is 4.79 Å². The quantitative estimate of drug-likeness (QED) is 0.162. The molecule has 0 bridgehead atoms. The molecule has 4 rings (SSSR count). The summed E-state index contributed by atoms with van der Waals surface area (Å²) in [6, 6.07) is 0. The Morgan fingerprint density at radius 3 is 2.29 bits per heavy atom. The fraction of sp³-hybridized carbons (Fsp3) is 0.917. The minimum atomic E-state index is -0.130. The summed E-state index contributed by atoms with van der Waals surface area (Å²) in [4.78, 5) is 15.1.